The number of aromatic nitrogens is 1. The topological polar surface area (TPSA) is 64.8 Å². The summed E-state index contributed by atoms with van der Waals surface area (Å²) < 4.78 is 30.3. The van der Waals surface area contributed by atoms with E-state index in [1.165, 1.54) is 12.1 Å². The molecule has 0 bridgehead atoms. The van der Waals surface area contributed by atoms with E-state index in [1.807, 2.05) is 6.92 Å². The van der Waals surface area contributed by atoms with E-state index in [0.717, 1.165) is 50.0 Å². The number of nitrogens with zero attached hydrogens (tertiary/aromatic N) is 2. The Morgan fingerprint density at radius 2 is 1.97 bits per heavy atom. The van der Waals surface area contributed by atoms with Gasteiger partial charge in [0.2, 0.25) is 0 Å². The van der Waals surface area contributed by atoms with Gasteiger partial charge in [-0.2, -0.15) is 0 Å². The van der Waals surface area contributed by atoms with Crippen molar-refractivity contribution in [3.63, 3.8) is 0 Å². The fraction of sp³-hybridized carbons (Fsp3) is 0.440. The van der Waals surface area contributed by atoms with Crippen LogP contribution in [-0.2, 0) is 0 Å². The molecule has 1 aromatic heterocycles. The summed E-state index contributed by atoms with van der Waals surface area (Å²) in [6.07, 6.45) is 2.90. The zero-order valence-corrected chi connectivity index (χ0v) is 18.6. The molecule has 0 radical (unpaired) electrons. The van der Waals surface area contributed by atoms with Crippen molar-refractivity contribution in [2.45, 2.75) is 39.0 Å². The molecular weight excluding hydrogens is 411 g/mol. The number of carbonyl (C=O) groups is 1. The average Bonchev–Trinajstić information content (AvgIpc) is 3.21. The van der Waals surface area contributed by atoms with Crippen LogP contribution in [0.4, 0.5) is 4.39 Å². The first-order valence-corrected chi connectivity index (χ1v) is 11.2. The first-order chi connectivity index (χ1) is 15.5. The predicted molar refractivity (Wildman–Crippen MR) is 120 cm³/mol. The maximum atomic E-state index is 13.4. The van der Waals surface area contributed by atoms with Crippen LogP contribution in [0.3, 0.4) is 0 Å². The van der Waals surface area contributed by atoms with E-state index in [-0.39, 0.29) is 11.6 Å². The maximum absolute atomic E-state index is 13.4. The van der Waals surface area contributed by atoms with Crippen LogP contribution in [0.25, 0.3) is 11.0 Å². The molecule has 2 heterocycles. The number of ketones is 1. The molecule has 0 saturated carbocycles. The number of piperidine rings is 1. The van der Waals surface area contributed by atoms with Gasteiger partial charge in [0.1, 0.15) is 5.82 Å². The third-order valence-corrected chi connectivity index (χ3v) is 5.96. The number of carbonyl (C=O) groups excluding carboxylic acids is 1. The maximum Gasteiger partial charge on any atom is 0.170 e. The summed E-state index contributed by atoms with van der Waals surface area (Å²) in [6.45, 7) is 7.47. The number of ether oxygens (including phenoxy) is 2. The van der Waals surface area contributed by atoms with Gasteiger partial charge < -0.3 is 18.9 Å². The summed E-state index contributed by atoms with van der Waals surface area (Å²) in [5.41, 5.74) is 2.08. The van der Waals surface area contributed by atoms with Gasteiger partial charge in [-0.05, 0) is 76.5 Å². The van der Waals surface area contributed by atoms with Crippen LogP contribution in [0, 0.1) is 5.82 Å². The molecule has 170 valence electrons. The number of benzene rings is 2. The summed E-state index contributed by atoms with van der Waals surface area (Å²) in [5, 5.41) is 5.14. The standard InChI is InChI=1S/C25H29FN2O4/c1-3-30-24-15-19(17(2)29)5-8-22(24)31-14-4-11-28-12-9-18(10-13-28)25-21-7-6-20(26)16-23(21)32-27-25/h5-8,15-16,18H,3-4,9-14H2,1-2H3. The molecule has 1 aliphatic heterocycles. The lowest BCUT2D eigenvalue weighted by molar-refractivity contribution is 0.101. The van der Waals surface area contributed by atoms with E-state index in [9.17, 15) is 9.18 Å². The minimum absolute atomic E-state index is 0.00619. The van der Waals surface area contributed by atoms with Crippen LogP contribution in [0.15, 0.2) is 40.9 Å². The monoisotopic (exact) mass is 440 g/mol. The molecule has 0 N–H and O–H groups in total. The zero-order valence-electron chi connectivity index (χ0n) is 18.6. The van der Waals surface area contributed by atoms with Gasteiger partial charge in [0.15, 0.2) is 22.9 Å². The number of Topliss-reactive ketones (excluding diaryl/α,β-unsaturated/α-hetero) is 1. The third-order valence-electron chi connectivity index (χ3n) is 5.96. The number of fused-ring (bicyclic) bond motifs is 1. The van der Waals surface area contributed by atoms with Crippen LogP contribution in [-0.4, -0.2) is 48.7 Å². The molecule has 0 unspecified atom stereocenters. The number of halogens is 1. The van der Waals surface area contributed by atoms with E-state index >= 15 is 0 Å². The molecule has 32 heavy (non-hydrogen) atoms. The van der Waals surface area contributed by atoms with Crippen molar-refractivity contribution < 1.29 is 23.2 Å². The Kier molecular flexibility index (Phi) is 7.05. The van der Waals surface area contributed by atoms with Crippen molar-refractivity contribution in [3.8, 4) is 11.5 Å². The minimum Gasteiger partial charge on any atom is -0.490 e. The van der Waals surface area contributed by atoms with Gasteiger partial charge in [0, 0.05) is 29.5 Å². The SMILES string of the molecule is CCOc1cc(C(C)=O)ccc1OCCCN1CCC(c2noc3cc(F)ccc23)CC1. The van der Waals surface area contributed by atoms with Gasteiger partial charge in [-0.25, -0.2) is 4.39 Å². The summed E-state index contributed by atoms with van der Waals surface area (Å²) in [5.74, 6) is 1.32. The van der Waals surface area contributed by atoms with Gasteiger partial charge in [-0.1, -0.05) is 5.16 Å². The second-order valence-electron chi connectivity index (χ2n) is 8.18. The number of rotatable bonds is 9. The number of hydrogen-bond acceptors (Lipinski definition) is 6. The van der Waals surface area contributed by atoms with E-state index in [1.54, 1.807) is 31.2 Å². The Hall–Kier alpha value is -2.93. The molecule has 3 aromatic rings. The predicted octanol–water partition coefficient (Wildman–Crippen LogP) is 5.22. The van der Waals surface area contributed by atoms with E-state index < -0.39 is 0 Å². The summed E-state index contributed by atoms with van der Waals surface area (Å²) in [7, 11) is 0. The van der Waals surface area contributed by atoms with Gasteiger partial charge in [-0.15, -0.1) is 0 Å². The highest BCUT2D eigenvalue weighted by Gasteiger charge is 2.25. The van der Waals surface area contributed by atoms with Crippen LogP contribution in [0.1, 0.15) is 55.1 Å². The smallest absolute Gasteiger partial charge is 0.170 e. The second-order valence-corrected chi connectivity index (χ2v) is 8.18. The average molecular weight is 441 g/mol. The normalized spacial score (nSPS) is 15.2. The highest BCUT2D eigenvalue weighted by Crippen LogP contribution is 2.33. The third kappa shape index (κ3) is 5.10. The molecule has 0 amide bonds. The Bertz CT molecular complexity index is 1070. The number of likely N-dealkylation sites (tertiary alicyclic amines) is 1. The lowest BCUT2D eigenvalue weighted by atomic mass is 9.91. The lowest BCUT2D eigenvalue weighted by Gasteiger charge is -2.31. The molecule has 4 rings (SSSR count). The molecule has 0 atom stereocenters. The highest BCUT2D eigenvalue weighted by atomic mass is 19.1. The minimum atomic E-state index is -0.305. The van der Waals surface area contributed by atoms with Crippen LogP contribution in [0.5, 0.6) is 11.5 Å². The molecule has 1 aliphatic rings. The molecule has 7 heteroatoms. The van der Waals surface area contributed by atoms with Crippen molar-refractivity contribution in [1.29, 1.82) is 0 Å². The summed E-state index contributed by atoms with van der Waals surface area (Å²) in [6, 6.07) is 9.94. The quantitative estimate of drug-likeness (QED) is 0.336. The Labute approximate surface area is 187 Å². The Morgan fingerprint density at radius 1 is 1.16 bits per heavy atom. The van der Waals surface area contributed by atoms with Crippen molar-refractivity contribution in [3.05, 3.63) is 53.5 Å². The zero-order chi connectivity index (χ0) is 22.5. The van der Waals surface area contributed by atoms with Gasteiger partial charge in [0.05, 0.1) is 18.9 Å². The molecule has 1 fully saturated rings. The summed E-state index contributed by atoms with van der Waals surface area (Å²) in [4.78, 5) is 14.0. The fourth-order valence-corrected chi connectivity index (χ4v) is 4.24. The first-order valence-electron chi connectivity index (χ1n) is 11.2. The molecule has 1 saturated heterocycles. The van der Waals surface area contributed by atoms with Crippen molar-refractivity contribution in [2.24, 2.45) is 0 Å². The largest absolute Gasteiger partial charge is 0.490 e. The van der Waals surface area contributed by atoms with Gasteiger partial charge in [-0.3, -0.25) is 4.79 Å². The Balaban J connectivity index is 1.25. The fourth-order valence-electron chi connectivity index (χ4n) is 4.24. The Morgan fingerprint density at radius 3 is 2.72 bits per heavy atom. The van der Waals surface area contributed by atoms with Crippen molar-refractivity contribution >= 4 is 16.8 Å². The van der Waals surface area contributed by atoms with Crippen molar-refractivity contribution in [2.75, 3.05) is 32.8 Å². The van der Waals surface area contributed by atoms with Gasteiger partial charge >= 0.3 is 0 Å². The molecule has 0 spiro atoms. The molecule has 2 aromatic carbocycles. The van der Waals surface area contributed by atoms with E-state index in [0.29, 0.717) is 41.8 Å². The lowest BCUT2D eigenvalue weighted by Crippen LogP contribution is -2.34. The molecule has 0 aliphatic carbocycles. The van der Waals surface area contributed by atoms with Crippen LogP contribution in [0.2, 0.25) is 0 Å². The summed E-state index contributed by atoms with van der Waals surface area (Å²) >= 11 is 0. The van der Waals surface area contributed by atoms with Crippen LogP contribution < -0.4 is 9.47 Å². The first kappa shape index (κ1) is 22.3. The molecular formula is C25H29FN2O4. The molecule has 6 nitrogen and oxygen atoms in total. The van der Waals surface area contributed by atoms with E-state index in [4.69, 9.17) is 14.0 Å². The van der Waals surface area contributed by atoms with Crippen molar-refractivity contribution in [1.82, 2.24) is 10.1 Å². The van der Waals surface area contributed by atoms with E-state index in [2.05, 4.69) is 10.1 Å². The number of hydrogen-bond donors (Lipinski definition) is 0. The van der Waals surface area contributed by atoms with Crippen LogP contribution >= 0.6 is 0 Å². The highest BCUT2D eigenvalue weighted by molar-refractivity contribution is 5.94. The van der Waals surface area contributed by atoms with Gasteiger partial charge in [0.25, 0.3) is 0 Å². The second kappa shape index (κ2) is 10.1.